The molecule has 2 rings (SSSR count). The Balaban J connectivity index is 2.40. The quantitative estimate of drug-likeness (QED) is 0.467. The van der Waals surface area contributed by atoms with Crippen LogP contribution in [0.4, 0.5) is 10.6 Å². The van der Waals surface area contributed by atoms with Crippen molar-refractivity contribution in [1.29, 1.82) is 0 Å². The van der Waals surface area contributed by atoms with Gasteiger partial charge < -0.3 is 0 Å². The summed E-state index contributed by atoms with van der Waals surface area (Å²) < 4.78 is 3.47. The fourth-order valence-electron chi connectivity index (χ4n) is 0.865. The second kappa shape index (κ2) is 2.59. The van der Waals surface area contributed by atoms with Crippen LogP contribution in [0.2, 0.25) is 0 Å². The summed E-state index contributed by atoms with van der Waals surface area (Å²) in [4.78, 5) is 33.4. The van der Waals surface area contributed by atoms with Crippen molar-refractivity contribution < 1.29 is 14.4 Å². The van der Waals surface area contributed by atoms with E-state index in [1.807, 2.05) is 5.32 Å². The molecule has 1 aromatic rings. The summed E-state index contributed by atoms with van der Waals surface area (Å²) in [6.07, 6.45) is 0. The summed E-state index contributed by atoms with van der Waals surface area (Å²) in [7, 11) is 0. The molecular weight excluding hydrogens is 196 g/mol. The summed E-state index contributed by atoms with van der Waals surface area (Å²) in [5, 5.41) is 6.73. The first kappa shape index (κ1) is 7.80. The number of hydrogen-bond donors (Lipinski definition) is 1. The normalized spacial score (nSPS) is 16.6. The van der Waals surface area contributed by atoms with Gasteiger partial charge in [-0.1, -0.05) is 4.49 Å². The molecule has 1 N–H and O–H groups in total. The largest absolute Gasteiger partial charge is 0.337 e. The number of nitrogens with zero attached hydrogens (tertiary/aromatic N) is 3. The molecule has 0 unspecified atom stereocenters. The highest BCUT2D eigenvalue weighted by Gasteiger charge is 2.39. The highest BCUT2D eigenvalue weighted by Crippen LogP contribution is 2.14. The summed E-state index contributed by atoms with van der Waals surface area (Å²) >= 11 is 0.985. The fraction of sp³-hybridized carbons (Fsp3) is 0. The van der Waals surface area contributed by atoms with Crippen LogP contribution in [0.5, 0.6) is 0 Å². The van der Waals surface area contributed by atoms with Crippen molar-refractivity contribution in [2.24, 2.45) is 0 Å². The number of carbonyl (C=O) groups is 3. The zero-order valence-corrected chi connectivity index (χ0v) is 6.87. The molecule has 1 aliphatic heterocycles. The molecule has 0 bridgehead atoms. The number of carbonyl (C=O) groups excluding carboxylic acids is 3. The second-order valence-electron chi connectivity index (χ2n) is 2.16. The topological polar surface area (TPSA) is 92.3 Å². The van der Waals surface area contributed by atoms with E-state index in [-0.39, 0.29) is 5.82 Å². The zero-order chi connectivity index (χ0) is 9.42. The van der Waals surface area contributed by atoms with Gasteiger partial charge in [0.05, 0.1) is 5.38 Å². The Kier molecular flexibility index (Phi) is 1.55. The Hall–Kier alpha value is -1.83. The molecule has 1 saturated heterocycles. The van der Waals surface area contributed by atoms with E-state index in [0.717, 1.165) is 11.5 Å². The van der Waals surface area contributed by atoms with Crippen molar-refractivity contribution in [2.45, 2.75) is 0 Å². The lowest BCUT2D eigenvalue weighted by atomic mass is 10.5. The van der Waals surface area contributed by atoms with Crippen LogP contribution in [-0.2, 0) is 9.59 Å². The highest BCUT2D eigenvalue weighted by atomic mass is 32.1. The number of aromatic nitrogens is 2. The van der Waals surface area contributed by atoms with E-state index in [4.69, 9.17) is 0 Å². The lowest BCUT2D eigenvalue weighted by molar-refractivity contribution is -0.134. The Morgan fingerprint density at radius 3 is 2.62 bits per heavy atom. The van der Waals surface area contributed by atoms with E-state index in [2.05, 4.69) is 9.59 Å². The van der Waals surface area contributed by atoms with E-state index >= 15 is 0 Å². The van der Waals surface area contributed by atoms with Crippen molar-refractivity contribution in [1.82, 2.24) is 14.9 Å². The van der Waals surface area contributed by atoms with E-state index in [1.54, 1.807) is 0 Å². The third-order valence-corrected chi connectivity index (χ3v) is 1.89. The maximum atomic E-state index is 11.0. The molecule has 1 fully saturated rings. The van der Waals surface area contributed by atoms with E-state index in [9.17, 15) is 14.4 Å². The number of amides is 4. The molecule has 1 aromatic heterocycles. The van der Waals surface area contributed by atoms with Crippen molar-refractivity contribution >= 4 is 35.2 Å². The highest BCUT2D eigenvalue weighted by molar-refractivity contribution is 7.03. The molecule has 4 amide bonds. The van der Waals surface area contributed by atoms with Crippen LogP contribution < -0.4 is 10.2 Å². The maximum Gasteiger partial charge on any atom is 0.337 e. The Bertz CT molecular complexity index is 386. The van der Waals surface area contributed by atoms with Gasteiger partial charge in [-0.3, -0.25) is 14.9 Å². The first-order chi connectivity index (χ1) is 6.20. The Morgan fingerprint density at radius 1 is 1.38 bits per heavy atom. The number of rotatable bonds is 1. The molecule has 0 atom stereocenters. The lowest BCUT2D eigenvalue weighted by Gasteiger charge is -2.04. The minimum absolute atomic E-state index is 0.0679. The summed E-state index contributed by atoms with van der Waals surface area (Å²) in [6.45, 7) is 0. The first-order valence-corrected chi connectivity index (χ1v) is 4.00. The van der Waals surface area contributed by atoms with E-state index in [1.165, 1.54) is 5.38 Å². The van der Waals surface area contributed by atoms with Gasteiger partial charge in [0.2, 0.25) is 0 Å². The van der Waals surface area contributed by atoms with Crippen LogP contribution in [0.1, 0.15) is 0 Å². The van der Waals surface area contributed by atoms with Crippen LogP contribution in [0.3, 0.4) is 0 Å². The standard InChI is InChI=1S/C5H2N4O3S/c10-3-4(11)9(5(12)6-3)2-1-13-8-7-2/h1H,(H,6,10,12). The van der Waals surface area contributed by atoms with Crippen molar-refractivity contribution in [3.05, 3.63) is 5.38 Å². The van der Waals surface area contributed by atoms with E-state index in [0.29, 0.717) is 4.90 Å². The molecule has 0 saturated carbocycles. The molecule has 8 heteroatoms. The minimum atomic E-state index is -0.946. The van der Waals surface area contributed by atoms with Gasteiger partial charge in [-0.2, -0.15) is 0 Å². The zero-order valence-electron chi connectivity index (χ0n) is 6.05. The SMILES string of the molecule is O=C1NC(=O)N(c2csnn2)C1=O. The number of imide groups is 2. The number of urea groups is 1. The van der Waals surface area contributed by atoms with Gasteiger partial charge in [-0.25, -0.2) is 9.69 Å². The second-order valence-corrected chi connectivity index (χ2v) is 2.77. The average Bonchev–Trinajstić information content (AvgIpc) is 2.63. The van der Waals surface area contributed by atoms with Crippen LogP contribution in [0.25, 0.3) is 0 Å². The number of nitrogens with one attached hydrogen (secondary N) is 1. The van der Waals surface area contributed by atoms with Gasteiger partial charge in [0.15, 0.2) is 5.82 Å². The van der Waals surface area contributed by atoms with Crippen LogP contribution in [0, 0.1) is 0 Å². The fourth-order valence-corrected chi connectivity index (χ4v) is 1.29. The summed E-state index contributed by atoms with van der Waals surface area (Å²) in [5.74, 6) is -1.81. The van der Waals surface area contributed by atoms with Gasteiger partial charge >= 0.3 is 17.8 Å². The molecule has 13 heavy (non-hydrogen) atoms. The average molecular weight is 198 g/mol. The van der Waals surface area contributed by atoms with Gasteiger partial charge in [0.25, 0.3) is 0 Å². The number of anilines is 1. The van der Waals surface area contributed by atoms with Gasteiger partial charge in [-0.15, -0.1) is 5.10 Å². The van der Waals surface area contributed by atoms with Gasteiger partial charge in [0.1, 0.15) is 0 Å². The summed E-state index contributed by atoms with van der Waals surface area (Å²) in [6, 6.07) is -0.789. The molecule has 2 heterocycles. The van der Waals surface area contributed by atoms with Crippen molar-refractivity contribution in [3.63, 3.8) is 0 Å². The molecule has 1 aliphatic rings. The van der Waals surface area contributed by atoms with Crippen LogP contribution >= 0.6 is 11.5 Å². The van der Waals surface area contributed by atoms with Gasteiger partial charge in [0, 0.05) is 0 Å². The molecule has 0 spiro atoms. The van der Waals surface area contributed by atoms with Crippen LogP contribution in [-0.4, -0.2) is 27.4 Å². The van der Waals surface area contributed by atoms with Crippen molar-refractivity contribution in [3.8, 4) is 0 Å². The maximum absolute atomic E-state index is 11.0. The third kappa shape index (κ3) is 1.07. The minimum Gasteiger partial charge on any atom is -0.269 e. The van der Waals surface area contributed by atoms with Crippen molar-refractivity contribution in [2.75, 3.05) is 4.90 Å². The van der Waals surface area contributed by atoms with E-state index < -0.39 is 17.8 Å². The lowest BCUT2D eigenvalue weighted by Crippen LogP contribution is -2.31. The molecule has 0 radical (unpaired) electrons. The van der Waals surface area contributed by atoms with Crippen LogP contribution in [0.15, 0.2) is 5.38 Å². The smallest absolute Gasteiger partial charge is 0.269 e. The monoisotopic (exact) mass is 198 g/mol. The summed E-state index contributed by atoms with van der Waals surface area (Å²) in [5.41, 5.74) is 0. The number of hydrogen-bond acceptors (Lipinski definition) is 6. The molecule has 7 nitrogen and oxygen atoms in total. The Labute approximate surface area is 75.5 Å². The predicted molar refractivity (Wildman–Crippen MR) is 40.9 cm³/mol. The third-order valence-electron chi connectivity index (χ3n) is 1.40. The molecule has 0 aromatic carbocycles. The Morgan fingerprint density at radius 2 is 2.15 bits per heavy atom. The molecule has 0 aliphatic carbocycles. The predicted octanol–water partition coefficient (Wildman–Crippen LogP) is -0.879. The molecule has 66 valence electrons. The van der Waals surface area contributed by atoms with Gasteiger partial charge in [-0.05, 0) is 11.5 Å². The first-order valence-electron chi connectivity index (χ1n) is 3.16. The molecular formula is C5H2N4O3S.